The first-order valence-corrected chi connectivity index (χ1v) is 27.1. The van der Waals surface area contributed by atoms with Gasteiger partial charge < -0.3 is 4.90 Å². The van der Waals surface area contributed by atoms with Crippen LogP contribution in [0.4, 0.5) is 17.1 Å². The van der Waals surface area contributed by atoms with Gasteiger partial charge >= 0.3 is 0 Å². The second-order valence-electron chi connectivity index (χ2n) is 23.4. The Morgan fingerprint density at radius 3 is 1.64 bits per heavy atom. The quantitative estimate of drug-likeness (QED) is 0.161. The first kappa shape index (κ1) is 42.5. The number of rotatable bonds is 6. The highest BCUT2D eigenvalue weighted by atomic mass is 15.1. The van der Waals surface area contributed by atoms with Crippen molar-refractivity contribution in [2.75, 3.05) is 4.90 Å². The van der Waals surface area contributed by atoms with Crippen LogP contribution in [0, 0.1) is 23.7 Å². The van der Waals surface area contributed by atoms with Gasteiger partial charge in [0.1, 0.15) is 0 Å². The fourth-order valence-corrected chi connectivity index (χ4v) is 16.5. The summed E-state index contributed by atoms with van der Waals surface area (Å²) in [5.74, 6) is 3.03. The average molecular weight is 928 g/mol. The first-order chi connectivity index (χ1) is 35.3. The molecule has 7 aliphatic carbocycles. The Balaban J connectivity index is 0.983. The molecule has 0 saturated heterocycles. The van der Waals surface area contributed by atoms with E-state index in [9.17, 15) is 0 Å². The fourth-order valence-electron chi connectivity index (χ4n) is 16.5. The lowest BCUT2D eigenvalue weighted by Crippen LogP contribution is -2.55. The molecule has 9 aromatic rings. The number of hydrogen-bond donors (Lipinski definition) is 0. The fraction of sp³-hybridized carbons (Fsp3) is 0.239. The normalized spacial score (nSPS) is 23.2. The molecule has 0 aliphatic heterocycles. The lowest BCUT2D eigenvalue weighted by atomic mass is 9.43. The summed E-state index contributed by atoms with van der Waals surface area (Å²) < 4.78 is 0. The van der Waals surface area contributed by atoms with Crippen LogP contribution in [0.2, 0.25) is 0 Å². The van der Waals surface area contributed by atoms with Gasteiger partial charge in [-0.2, -0.15) is 0 Å². The molecule has 1 atom stereocenters. The highest BCUT2D eigenvalue weighted by molar-refractivity contribution is 5.99. The number of aryl methyl sites for hydroxylation is 1. The zero-order valence-corrected chi connectivity index (χ0v) is 42.1. The molecule has 350 valence electrons. The van der Waals surface area contributed by atoms with Gasteiger partial charge in [-0.25, -0.2) is 0 Å². The van der Waals surface area contributed by atoms with Crippen LogP contribution in [0.3, 0.4) is 0 Å². The van der Waals surface area contributed by atoms with Crippen LogP contribution < -0.4 is 4.90 Å². The number of anilines is 3. The number of benzene rings is 9. The molecular weight excluding hydrogens is 867 g/mol. The van der Waals surface area contributed by atoms with Gasteiger partial charge in [0, 0.05) is 16.8 Å². The minimum Gasteiger partial charge on any atom is -0.310 e. The Bertz CT molecular complexity index is 3650. The van der Waals surface area contributed by atoms with Gasteiger partial charge in [0.05, 0.1) is 11.1 Å². The molecule has 1 unspecified atom stereocenters. The van der Waals surface area contributed by atoms with Gasteiger partial charge in [0.25, 0.3) is 0 Å². The molecule has 16 rings (SSSR count). The molecule has 4 fully saturated rings. The largest absolute Gasteiger partial charge is 0.310 e. The smallest absolute Gasteiger partial charge is 0.0728 e. The molecule has 0 amide bonds. The third-order valence-electron chi connectivity index (χ3n) is 19.0. The van der Waals surface area contributed by atoms with Crippen molar-refractivity contribution in [1.29, 1.82) is 0 Å². The molecule has 2 spiro atoms. The second kappa shape index (κ2) is 15.4. The van der Waals surface area contributed by atoms with Crippen molar-refractivity contribution in [2.24, 2.45) is 23.7 Å². The van der Waals surface area contributed by atoms with E-state index in [1.54, 1.807) is 11.1 Å². The Morgan fingerprint density at radius 1 is 0.417 bits per heavy atom. The molecule has 0 aromatic heterocycles. The summed E-state index contributed by atoms with van der Waals surface area (Å²) in [4.78, 5) is 2.69. The van der Waals surface area contributed by atoms with E-state index in [-0.39, 0.29) is 10.8 Å². The summed E-state index contributed by atoms with van der Waals surface area (Å²) in [5, 5.41) is 0. The second-order valence-corrected chi connectivity index (χ2v) is 23.4. The standard InChI is InChI=1S/C71H61N/c1-5-44-29-35-57-58-23-15-27-64(69(2,3)4)67(58)71(65(57)42-44)62-26-14-12-22-56(62)60-43-52(34-36-63(60)71)72(51-32-30-48(31-33-51)54-20-10-9-19-53(54)47-17-7-6-8-18-47)66-28-16-24-59-55-21-11-13-25-61(55)70(68(59)66)49-38-45-37-46(40-49)41-50(70)39-45/h6-36,42-43,45-46,49-50H,5,37-41H2,1-4H3. The molecule has 4 bridgehead atoms. The first-order valence-electron chi connectivity index (χ1n) is 27.1. The lowest BCUT2D eigenvalue weighted by molar-refractivity contribution is -0.0397. The summed E-state index contributed by atoms with van der Waals surface area (Å²) in [6, 6.07) is 77.8. The number of fused-ring (bicyclic) bond motifs is 13. The molecular formula is C71H61N. The summed E-state index contributed by atoms with van der Waals surface area (Å²) in [6.45, 7) is 9.50. The number of nitrogens with zero attached hydrogens (tertiary/aromatic N) is 1. The van der Waals surface area contributed by atoms with E-state index in [0.29, 0.717) is 11.8 Å². The predicted octanol–water partition coefficient (Wildman–Crippen LogP) is 18.4. The zero-order valence-electron chi connectivity index (χ0n) is 42.1. The monoisotopic (exact) mass is 927 g/mol. The van der Waals surface area contributed by atoms with Crippen LogP contribution in [-0.4, -0.2) is 0 Å². The van der Waals surface area contributed by atoms with Crippen molar-refractivity contribution in [3.63, 3.8) is 0 Å². The maximum absolute atomic E-state index is 2.69. The molecule has 1 heteroatoms. The Labute approximate surface area is 426 Å². The summed E-state index contributed by atoms with van der Waals surface area (Å²) in [7, 11) is 0. The topological polar surface area (TPSA) is 3.24 Å². The highest BCUT2D eigenvalue weighted by Crippen LogP contribution is 2.71. The maximum atomic E-state index is 2.69. The minimum absolute atomic E-state index is 0.00620. The van der Waals surface area contributed by atoms with Crippen molar-refractivity contribution >= 4 is 17.1 Å². The third kappa shape index (κ3) is 5.66. The highest BCUT2D eigenvalue weighted by Gasteiger charge is 2.62. The lowest BCUT2D eigenvalue weighted by Gasteiger charge is -2.61. The summed E-state index contributed by atoms with van der Waals surface area (Å²) >= 11 is 0. The Hall–Kier alpha value is -7.22. The maximum Gasteiger partial charge on any atom is 0.0728 e. The van der Waals surface area contributed by atoms with E-state index in [1.165, 1.54) is 138 Å². The van der Waals surface area contributed by atoms with E-state index in [1.807, 2.05) is 0 Å². The van der Waals surface area contributed by atoms with E-state index in [0.717, 1.165) is 18.3 Å². The summed E-state index contributed by atoms with van der Waals surface area (Å²) in [5.41, 5.74) is 28.2. The van der Waals surface area contributed by atoms with Crippen LogP contribution in [0.15, 0.2) is 200 Å². The summed E-state index contributed by atoms with van der Waals surface area (Å²) in [6.07, 6.45) is 7.84. The van der Waals surface area contributed by atoms with E-state index in [2.05, 4.69) is 233 Å². The van der Waals surface area contributed by atoms with Crippen molar-refractivity contribution < 1.29 is 0 Å². The molecule has 0 radical (unpaired) electrons. The molecule has 4 saturated carbocycles. The predicted molar refractivity (Wildman–Crippen MR) is 300 cm³/mol. The SMILES string of the molecule is CCc1ccc2c(c1)C1(c3ccccc3-c3cc(N(c4ccc(-c5ccccc5-c5ccccc5)cc4)c4cccc5c4C4(c6ccccc6-5)C5CC6CC(C5)CC4C6)ccc31)c1c-2cccc1C(C)(C)C. The van der Waals surface area contributed by atoms with Crippen molar-refractivity contribution in [1.82, 2.24) is 0 Å². The van der Waals surface area contributed by atoms with E-state index < -0.39 is 5.41 Å². The van der Waals surface area contributed by atoms with Crippen LogP contribution >= 0.6 is 0 Å². The van der Waals surface area contributed by atoms with E-state index in [4.69, 9.17) is 0 Å². The molecule has 0 N–H and O–H groups in total. The van der Waals surface area contributed by atoms with Crippen LogP contribution in [0.25, 0.3) is 55.6 Å². The van der Waals surface area contributed by atoms with Crippen LogP contribution in [-0.2, 0) is 22.7 Å². The van der Waals surface area contributed by atoms with E-state index >= 15 is 0 Å². The van der Waals surface area contributed by atoms with Crippen LogP contribution in [0.1, 0.15) is 104 Å². The van der Waals surface area contributed by atoms with Crippen molar-refractivity contribution in [3.8, 4) is 55.6 Å². The Kier molecular flexibility index (Phi) is 9.08. The molecule has 9 aromatic carbocycles. The number of hydrogen-bond acceptors (Lipinski definition) is 1. The van der Waals surface area contributed by atoms with Crippen LogP contribution in [0.5, 0.6) is 0 Å². The van der Waals surface area contributed by atoms with Gasteiger partial charge in [-0.05, 0) is 198 Å². The van der Waals surface area contributed by atoms with Gasteiger partial charge in [0.15, 0.2) is 0 Å². The van der Waals surface area contributed by atoms with Gasteiger partial charge in [-0.3, -0.25) is 0 Å². The Morgan fingerprint density at radius 2 is 0.958 bits per heavy atom. The zero-order chi connectivity index (χ0) is 48.1. The molecule has 7 aliphatic rings. The minimum atomic E-state index is -0.442. The van der Waals surface area contributed by atoms with Crippen molar-refractivity contribution in [3.05, 3.63) is 245 Å². The van der Waals surface area contributed by atoms with Crippen molar-refractivity contribution in [2.45, 2.75) is 82.5 Å². The van der Waals surface area contributed by atoms with Gasteiger partial charge in [0.2, 0.25) is 0 Å². The molecule has 1 nitrogen and oxygen atoms in total. The molecule has 72 heavy (non-hydrogen) atoms. The van der Waals surface area contributed by atoms with Gasteiger partial charge in [-0.15, -0.1) is 0 Å². The molecule has 0 heterocycles. The van der Waals surface area contributed by atoms with Gasteiger partial charge in [-0.1, -0.05) is 198 Å². The third-order valence-corrected chi connectivity index (χ3v) is 19.0. The average Bonchev–Trinajstić information content (AvgIpc) is 4.00.